The van der Waals surface area contributed by atoms with Gasteiger partial charge >= 0.3 is 0 Å². The number of methoxy groups -OCH3 is 2. The van der Waals surface area contributed by atoms with Gasteiger partial charge in [0.2, 0.25) is 11.2 Å². The molecule has 24 heavy (non-hydrogen) atoms. The minimum Gasteiger partial charge on any atom is -0.493 e. The summed E-state index contributed by atoms with van der Waals surface area (Å²) in [6, 6.07) is 5.49. The number of carbonyl (C=O) groups excluding carboxylic acids is 1. The number of aromatic nitrogens is 2. The Morgan fingerprint density at radius 1 is 1.33 bits per heavy atom. The molecule has 0 saturated heterocycles. The highest BCUT2D eigenvalue weighted by Gasteiger charge is 2.27. The second kappa shape index (κ2) is 6.83. The third kappa shape index (κ3) is 3.16. The maximum absolute atomic E-state index is 12.1. The number of ether oxygens (including phenoxy) is 2. The van der Waals surface area contributed by atoms with Crippen molar-refractivity contribution in [3.63, 3.8) is 0 Å². The Hall–Kier alpha value is -2.68. The number of benzene rings is 1. The van der Waals surface area contributed by atoms with Crippen LogP contribution in [0.1, 0.15) is 13.3 Å². The number of nitrogens with one attached hydrogen (secondary N) is 1. The lowest BCUT2D eigenvalue weighted by Crippen LogP contribution is -2.27. The molecular formula is C15H16N4O4S. The van der Waals surface area contributed by atoms with Crippen molar-refractivity contribution in [2.75, 3.05) is 19.5 Å². The molecule has 2 aromatic rings. The molecule has 0 aliphatic carbocycles. The quantitative estimate of drug-likeness (QED) is 0.891. The summed E-state index contributed by atoms with van der Waals surface area (Å²) in [5.41, 5.74) is 1.53. The van der Waals surface area contributed by atoms with E-state index in [2.05, 4.69) is 20.7 Å². The van der Waals surface area contributed by atoms with E-state index >= 15 is 0 Å². The Morgan fingerprint density at radius 2 is 2.17 bits per heavy atom. The Labute approximate surface area is 142 Å². The number of nitrogens with zero attached hydrogens (tertiary/aromatic N) is 3. The zero-order valence-electron chi connectivity index (χ0n) is 13.4. The van der Waals surface area contributed by atoms with Crippen molar-refractivity contribution < 1.29 is 19.1 Å². The number of rotatable bonds is 5. The van der Waals surface area contributed by atoms with Gasteiger partial charge in [0, 0.05) is 6.42 Å². The van der Waals surface area contributed by atoms with Gasteiger partial charge in [-0.05, 0) is 19.1 Å². The van der Waals surface area contributed by atoms with Gasteiger partial charge in [0.1, 0.15) is 0 Å². The van der Waals surface area contributed by atoms with Crippen LogP contribution in [0.3, 0.4) is 0 Å². The minimum absolute atomic E-state index is 0.295. The first-order chi connectivity index (χ1) is 11.6. The van der Waals surface area contributed by atoms with E-state index in [-0.39, 0.29) is 5.91 Å². The summed E-state index contributed by atoms with van der Waals surface area (Å²) >= 11 is 1.24. The van der Waals surface area contributed by atoms with E-state index in [1.165, 1.54) is 11.3 Å². The summed E-state index contributed by atoms with van der Waals surface area (Å²) < 4.78 is 10.7. The topological polar surface area (TPSA) is 94.9 Å². The summed E-state index contributed by atoms with van der Waals surface area (Å²) in [4.78, 5) is 17.2. The molecule has 0 radical (unpaired) electrons. The van der Waals surface area contributed by atoms with E-state index in [1.54, 1.807) is 20.3 Å². The molecule has 0 fully saturated rings. The van der Waals surface area contributed by atoms with Crippen LogP contribution in [-0.4, -0.2) is 42.1 Å². The van der Waals surface area contributed by atoms with Gasteiger partial charge in [-0.2, -0.15) is 0 Å². The molecule has 1 N–H and O–H groups in total. The third-order valence-corrected chi connectivity index (χ3v) is 4.27. The predicted octanol–water partition coefficient (Wildman–Crippen LogP) is 2.33. The van der Waals surface area contributed by atoms with E-state index < -0.39 is 6.10 Å². The first-order valence-corrected chi connectivity index (χ1v) is 7.99. The average molecular weight is 348 g/mol. The summed E-state index contributed by atoms with van der Waals surface area (Å²) in [5.74, 6) is 0.871. The van der Waals surface area contributed by atoms with Crippen LogP contribution in [0.5, 0.6) is 11.5 Å². The smallest absolute Gasteiger partial charge is 0.270 e. The highest BCUT2D eigenvalue weighted by Crippen LogP contribution is 2.39. The van der Waals surface area contributed by atoms with Crippen molar-refractivity contribution >= 4 is 28.1 Å². The van der Waals surface area contributed by atoms with Crippen molar-refractivity contribution in [1.82, 2.24) is 10.2 Å². The number of hydrogen-bond acceptors (Lipinski definition) is 8. The zero-order valence-corrected chi connectivity index (χ0v) is 14.2. The third-order valence-electron chi connectivity index (χ3n) is 3.40. The van der Waals surface area contributed by atoms with Crippen LogP contribution in [0.4, 0.5) is 5.13 Å². The standard InChI is InChI=1S/C15H16N4O4S/c1-8-7-11(23-19-8)13(20)16-15-18-17-14(24-15)9-5-4-6-10(21-2)12(9)22-3/h4-6,11H,7H2,1-3H3,(H,16,18,20)/t11-/m1/s1. The van der Waals surface area contributed by atoms with E-state index in [1.807, 2.05) is 19.1 Å². The maximum atomic E-state index is 12.1. The highest BCUT2D eigenvalue weighted by atomic mass is 32.1. The molecule has 1 aliphatic heterocycles. The fraction of sp³-hybridized carbons (Fsp3) is 0.333. The molecule has 9 heteroatoms. The van der Waals surface area contributed by atoms with E-state index in [9.17, 15) is 4.79 Å². The normalized spacial score (nSPS) is 16.3. The molecule has 3 rings (SSSR count). The lowest BCUT2D eigenvalue weighted by molar-refractivity contribution is -0.125. The summed E-state index contributed by atoms with van der Waals surface area (Å²) in [5, 5.41) is 15.6. The lowest BCUT2D eigenvalue weighted by atomic mass is 10.2. The average Bonchev–Trinajstić information content (AvgIpc) is 3.23. The Morgan fingerprint density at radius 3 is 2.83 bits per heavy atom. The van der Waals surface area contributed by atoms with Crippen molar-refractivity contribution in [2.45, 2.75) is 19.4 Å². The van der Waals surface area contributed by atoms with Crippen molar-refractivity contribution in [2.24, 2.45) is 5.16 Å². The number of hydrogen-bond donors (Lipinski definition) is 1. The molecule has 0 unspecified atom stereocenters. The van der Waals surface area contributed by atoms with Gasteiger partial charge < -0.3 is 14.3 Å². The molecule has 0 saturated carbocycles. The van der Waals surface area contributed by atoms with E-state index in [0.717, 1.165) is 11.3 Å². The SMILES string of the molecule is COc1cccc(-c2nnc(NC(=O)[C@H]3CC(C)=NO3)s2)c1OC. The number of carbonyl (C=O) groups is 1. The second-order valence-electron chi connectivity index (χ2n) is 5.07. The van der Waals surface area contributed by atoms with Crippen LogP contribution >= 0.6 is 11.3 Å². The number of amides is 1. The predicted molar refractivity (Wildman–Crippen MR) is 89.7 cm³/mol. The summed E-state index contributed by atoms with van der Waals surface area (Å²) in [6.45, 7) is 1.81. The van der Waals surface area contributed by atoms with Crippen LogP contribution in [-0.2, 0) is 9.63 Å². The van der Waals surface area contributed by atoms with Crippen LogP contribution in [0.2, 0.25) is 0 Å². The molecule has 1 aromatic heterocycles. The molecule has 1 aromatic carbocycles. The molecule has 0 bridgehead atoms. The highest BCUT2D eigenvalue weighted by molar-refractivity contribution is 7.18. The molecule has 1 aliphatic rings. The van der Waals surface area contributed by atoms with Crippen LogP contribution < -0.4 is 14.8 Å². The Bertz CT molecular complexity index is 790. The molecule has 126 valence electrons. The lowest BCUT2D eigenvalue weighted by Gasteiger charge is -2.10. The molecule has 1 amide bonds. The number of para-hydroxylation sites is 1. The second-order valence-corrected chi connectivity index (χ2v) is 6.04. The van der Waals surface area contributed by atoms with E-state index in [4.69, 9.17) is 14.3 Å². The fourth-order valence-corrected chi connectivity index (χ4v) is 3.03. The van der Waals surface area contributed by atoms with Gasteiger partial charge in [-0.1, -0.05) is 22.6 Å². The summed E-state index contributed by atoms with van der Waals surface area (Å²) in [7, 11) is 3.13. The van der Waals surface area contributed by atoms with Gasteiger partial charge in [0.25, 0.3) is 5.91 Å². The van der Waals surface area contributed by atoms with Gasteiger partial charge in [-0.3, -0.25) is 10.1 Å². The Balaban J connectivity index is 1.78. The fourth-order valence-electron chi connectivity index (χ4n) is 2.26. The molecule has 1 atom stereocenters. The summed E-state index contributed by atoms with van der Waals surface area (Å²) in [6.07, 6.45) is -0.148. The first kappa shape index (κ1) is 16.2. The van der Waals surface area contributed by atoms with Crippen molar-refractivity contribution in [3.05, 3.63) is 18.2 Å². The van der Waals surface area contributed by atoms with Crippen LogP contribution in [0, 0.1) is 0 Å². The molecule has 8 nitrogen and oxygen atoms in total. The van der Waals surface area contributed by atoms with Gasteiger partial charge in [0.05, 0.1) is 25.5 Å². The van der Waals surface area contributed by atoms with Gasteiger partial charge in [0.15, 0.2) is 16.5 Å². The molecule has 0 spiro atoms. The largest absolute Gasteiger partial charge is 0.493 e. The van der Waals surface area contributed by atoms with Crippen molar-refractivity contribution in [1.29, 1.82) is 0 Å². The number of oxime groups is 1. The van der Waals surface area contributed by atoms with Crippen LogP contribution in [0.25, 0.3) is 10.6 Å². The molecule has 2 heterocycles. The van der Waals surface area contributed by atoms with E-state index in [0.29, 0.717) is 28.1 Å². The van der Waals surface area contributed by atoms with Crippen LogP contribution in [0.15, 0.2) is 23.4 Å². The molecular weight excluding hydrogens is 332 g/mol. The minimum atomic E-state index is -0.622. The van der Waals surface area contributed by atoms with Gasteiger partial charge in [-0.25, -0.2) is 0 Å². The zero-order chi connectivity index (χ0) is 17.1. The maximum Gasteiger partial charge on any atom is 0.270 e. The first-order valence-electron chi connectivity index (χ1n) is 7.17. The number of anilines is 1. The monoisotopic (exact) mass is 348 g/mol. The van der Waals surface area contributed by atoms with Crippen molar-refractivity contribution in [3.8, 4) is 22.1 Å². The Kier molecular flexibility index (Phi) is 4.61. The van der Waals surface area contributed by atoms with Gasteiger partial charge in [-0.15, -0.1) is 10.2 Å².